The van der Waals surface area contributed by atoms with Crippen molar-refractivity contribution in [3.63, 3.8) is 0 Å². The summed E-state index contributed by atoms with van der Waals surface area (Å²) >= 11 is 1.62. The first kappa shape index (κ1) is 14.7. The minimum Gasteiger partial charge on any atom is -0.350 e. The molecule has 1 atom stereocenters. The van der Waals surface area contributed by atoms with Crippen molar-refractivity contribution in [2.24, 2.45) is 5.73 Å². The van der Waals surface area contributed by atoms with E-state index in [-0.39, 0.29) is 11.8 Å². The van der Waals surface area contributed by atoms with Crippen LogP contribution in [0.25, 0.3) is 0 Å². The number of hydrogen-bond acceptors (Lipinski definition) is 4. The zero-order valence-electron chi connectivity index (χ0n) is 11.5. The standard InChI is InChI=1S/C15H19N3OS/c1-2-14-18-12(10-20-14)9-17-15(19)13(8-16)11-6-4-3-5-7-11/h3-7,10,13H,2,8-9,16H2,1H3,(H,17,19). The highest BCUT2D eigenvalue weighted by molar-refractivity contribution is 7.09. The number of nitrogens with two attached hydrogens (primary N) is 1. The van der Waals surface area contributed by atoms with E-state index in [0.717, 1.165) is 22.7 Å². The van der Waals surface area contributed by atoms with Crippen LogP contribution in [0.4, 0.5) is 0 Å². The first-order valence-electron chi connectivity index (χ1n) is 6.70. The van der Waals surface area contributed by atoms with Gasteiger partial charge in [-0.05, 0) is 12.0 Å². The molecule has 2 rings (SSSR count). The van der Waals surface area contributed by atoms with Gasteiger partial charge in [0, 0.05) is 11.9 Å². The maximum absolute atomic E-state index is 12.2. The van der Waals surface area contributed by atoms with Gasteiger partial charge < -0.3 is 11.1 Å². The molecule has 2 aromatic rings. The van der Waals surface area contributed by atoms with Gasteiger partial charge in [0.1, 0.15) is 0 Å². The summed E-state index contributed by atoms with van der Waals surface area (Å²) in [5.41, 5.74) is 7.58. The minimum absolute atomic E-state index is 0.0512. The number of carbonyl (C=O) groups excluding carboxylic acids is 1. The van der Waals surface area contributed by atoms with E-state index in [1.165, 1.54) is 0 Å². The quantitative estimate of drug-likeness (QED) is 0.855. The second-order valence-corrected chi connectivity index (χ2v) is 5.45. The van der Waals surface area contributed by atoms with Gasteiger partial charge in [-0.3, -0.25) is 4.79 Å². The highest BCUT2D eigenvalue weighted by Gasteiger charge is 2.18. The predicted octanol–water partition coefficient (Wildman–Crippen LogP) is 2.06. The molecule has 0 saturated carbocycles. The lowest BCUT2D eigenvalue weighted by Gasteiger charge is -2.14. The smallest absolute Gasteiger partial charge is 0.229 e. The zero-order valence-corrected chi connectivity index (χ0v) is 12.3. The monoisotopic (exact) mass is 289 g/mol. The number of benzene rings is 1. The third kappa shape index (κ3) is 3.65. The largest absolute Gasteiger partial charge is 0.350 e. The van der Waals surface area contributed by atoms with Crippen LogP contribution < -0.4 is 11.1 Å². The summed E-state index contributed by atoms with van der Waals surface area (Å²) in [5, 5.41) is 5.99. The Kier molecular flexibility index (Phi) is 5.26. The van der Waals surface area contributed by atoms with Gasteiger partial charge in [0.25, 0.3) is 0 Å². The van der Waals surface area contributed by atoms with E-state index in [2.05, 4.69) is 17.2 Å². The number of aryl methyl sites for hydroxylation is 1. The lowest BCUT2D eigenvalue weighted by molar-refractivity contribution is -0.122. The highest BCUT2D eigenvalue weighted by Crippen LogP contribution is 2.15. The van der Waals surface area contributed by atoms with Crippen LogP contribution in [0.15, 0.2) is 35.7 Å². The van der Waals surface area contributed by atoms with Crippen LogP contribution in [0.1, 0.15) is 29.1 Å². The van der Waals surface area contributed by atoms with Crippen molar-refractivity contribution in [2.45, 2.75) is 25.8 Å². The molecule has 4 nitrogen and oxygen atoms in total. The van der Waals surface area contributed by atoms with Crippen LogP contribution in [0.3, 0.4) is 0 Å². The molecule has 5 heteroatoms. The van der Waals surface area contributed by atoms with Crippen LogP contribution in [-0.4, -0.2) is 17.4 Å². The maximum Gasteiger partial charge on any atom is 0.229 e. The van der Waals surface area contributed by atoms with Crippen molar-refractivity contribution in [1.82, 2.24) is 10.3 Å². The molecule has 0 aliphatic carbocycles. The molecule has 1 heterocycles. The van der Waals surface area contributed by atoms with Crippen molar-refractivity contribution in [2.75, 3.05) is 6.54 Å². The van der Waals surface area contributed by atoms with Crippen LogP contribution in [-0.2, 0) is 17.8 Å². The van der Waals surface area contributed by atoms with Crippen LogP contribution in [0, 0.1) is 0 Å². The fourth-order valence-electron chi connectivity index (χ4n) is 1.97. The Morgan fingerprint density at radius 2 is 2.15 bits per heavy atom. The second kappa shape index (κ2) is 7.17. The molecule has 3 N–H and O–H groups in total. The number of amides is 1. The molecule has 1 amide bonds. The topological polar surface area (TPSA) is 68.0 Å². The lowest BCUT2D eigenvalue weighted by atomic mass is 9.98. The number of hydrogen-bond donors (Lipinski definition) is 2. The fraction of sp³-hybridized carbons (Fsp3) is 0.333. The van der Waals surface area contributed by atoms with E-state index < -0.39 is 0 Å². The number of rotatable bonds is 6. The predicted molar refractivity (Wildman–Crippen MR) is 81.6 cm³/mol. The van der Waals surface area contributed by atoms with E-state index in [1.807, 2.05) is 35.7 Å². The summed E-state index contributed by atoms with van der Waals surface area (Å²) in [5.74, 6) is -0.356. The van der Waals surface area contributed by atoms with Gasteiger partial charge in [-0.1, -0.05) is 37.3 Å². The Hall–Kier alpha value is -1.72. The van der Waals surface area contributed by atoms with Gasteiger partial charge in [-0.2, -0.15) is 0 Å². The highest BCUT2D eigenvalue weighted by atomic mass is 32.1. The fourth-order valence-corrected chi connectivity index (χ4v) is 2.72. The SMILES string of the molecule is CCc1nc(CNC(=O)C(CN)c2ccccc2)cs1. The number of nitrogens with one attached hydrogen (secondary N) is 1. The van der Waals surface area contributed by atoms with Gasteiger partial charge in [0.15, 0.2) is 0 Å². The molecule has 0 fully saturated rings. The Morgan fingerprint density at radius 3 is 2.75 bits per heavy atom. The van der Waals surface area contributed by atoms with Crippen LogP contribution in [0.5, 0.6) is 0 Å². The van der Waals surface area contributed by atoms with E-state index in [9.17, 15) is 4.79 Å². The van der Waals surface area contributed by atoms with Gasteiger partial charge in [0.05, 0.1) is 23.2 Å². The molecule has 0 aliphatic rings. The van der Waals surface area contributed by atoms with E-state index in [4.69, 9.17) is 5.73 Å². The zero-order chi connectivity index (χ0) is 14.4. The minimum atomic E-state index is -0.305. The number of thiazole rings is 1. The van der Waals surface area contributed by atoms with Gasteiger partial charge in [-0.25, -0.2) is 4.98 Å². The molecular weight excluding hydrogens is 270 g/mol. The van der Waals surface area contributed by atoms with Gasteiger partial charge in [0.2, 0.25) is 5.91 Å². The third-order valence-electron chi connectivity index (χ3n) is 3.10. The molecule has 1 unspecified atom stereocenters. The van der Waals surface area contributed by atoms with Crippen molar-refractivity contribution >= 4 is 17.2 Å². The molecule has 0 saturated heterocycles. The molecule has 0 spiro atoms. The van der Waals surface area contributed by atoms with E-state index >= 15 is 0 Å². The van der Waals surface area contributed by atoms with Gasteiger partial charge in [-0.15, -0.1) is 11.3 Å². The first-order chi connectivity index (χ1) is 9.74. The van der Waals surface area contributed by atoms with Crippen molar-refractivity contribution in [3.8, 4) is 0 Å². The number of aromatic nitrogens is 1. The lowest BCUT2D eigenvalue weighted by Crippen LogP contribution is -2.33. The summed E-state index contributed by atoms with van der Waals surface area (Å²) in [6.45, 7) is 2.83. The summed E-state index contributed by atoms with van der Waals surface area (Å²) in [4.78, 5) is 16.6. The van der Waals surface area contributed by atoms with Crippen LogP contribution in [0.2, 0.25) is 0 Å². The number of carbonyl (C=O) groups is 1. The molecule has 0 aliphatic heterocycles. The Labute approximate surface area is 123 Å². The van der Waals surface area contributed by atoms with Gasteiger partial charge >= 0.3 is 0 Å². The molecular formula is C15H19N3OS. The summed E-state index contributed by atoms with van der Waals surface area (Å²) in [6.07, 6.45) is 0.925. The molecule has 1 aromatic carbocycles. The van der Waals surface area contributed by atoms with E-state index in [1.54, 1.807) is 11.3 Å². The second-order valence-electron chi connectivity index (χ2n) is 4.50. The summed E-state index contributed by atoms with van der Waals surface area (Å²) < 4.78 is 0. The van der Waals surface area contributed by atoms with Crippen molar-refractivity contribution in [1.29, 1.82) is 0 Å². The Balaban J connectivity index is 1.96. The summed E-state index contributed by atoms with van der Waals surface area (Å²) in [6, 6.07) is 9.61. The average Bonchev–Trinajstić information content (AvgIpc) is 2.95. The molecule has 1 aromatic heterocycles. The molecule has 20 heavy (non-hydrogen) atoms. The summed E-state index contributed by atoms with van der Waals surface area (Å²) in [7, 11) is 0. The molecule has 0 bridgehead atoms. The normalized spacial score (nSPS) is 12.1. The molecule has 106 valence electrons. The van der Waals surface area contributed by atoms with Crippen LogP contribution >= 0.6 is 11.3 Å². The Morgan fingerprint density at radius 1 is 1.40 bits per heavy atom. The average molecular weight is 289 g/mol. The first-order valence-corrected chi connectivity index (χ1v) is 7.58. The van der Waals surface area contributed by atoms with Crippen molar-refractivity contribution < 1.29 is 4.79 Å². The third-order valence-corrected chi connectivity index (χ3v) is 4.14. The van der Waals surface area contributed by atoms with E-state index in [0.29, 0.717) is 13.1 Å². The van der Waals surface area contributed by atoms with Crippen molar-refractivity contribution in [3.05, 3.63) is 52.0 Å². The maximum atomic E-state index is 12.2. The Bertz CT molecular complexity index is 553. The number of nitrogens with zero attached hydrogens (tertiary/aromatic N) is 1. The molecule has 0 radical (unpaired) electrons.